The number of fused-ring (bicyclic) bond motifs is 1. The Labute approximate surface area is 162 Å². The summed E-state index contributed by atoms with van der Waals surface area (Å²) in [6.07, 6.45) is 3.49. The third kappa shape index (κ3) is 3.22. The van der Waals surface area contributed by atoms with E-state index in [-0.39, 0.29) is 12.0 Å². The molecule has 1 aromatic carbocycles. The number of pyridine rings is 1. The van der Waals surface area contributed by atoms with Gasteiger partial charge in [0.2, 0.25) is 5.95 Å². The molecule has 1 unspecified atom stereocenters. The third-order valence-electron chi connectivity index (χ3n) is 5.00. The highest BCUT2D eigenvalue weighted by molar-refractivity contribution is 6.31. The fourth-order valence-corrected chi connectivity index (χ4v) is 3.34. The average molecular weight is 382 g/mol. The van der Waals surface area contributed by atoms with Crippen LogP contribution in [0.4, 0.5) is 17.5 Å². The van der Waals surface area contributed by atoms with Gasteiger partial charge in [-0.25, -0.2) is 15.0 Å². The Morgan fingerprint density at radius 1 is 1.30 bits per heavy atom. The molecule has 0 saturated carbocycles. The van der Waals surface area contributed by atoms with E-state index in [4.69, 9.17) is 11.6 Å². The molecule has 27 heavy (non-hydrogen) atoms. The van der Waals surface area contributed by atoms with Gasteiger partial charge in [0, 0.05) is 46.2 Å². The van der Waals surface area contributed by atoms with Crippen molar-refractivity contribution in [2.45, 2.75) is 19.3 Å². The van der Waals surface area contributed by atoms with Crippen LogP contribution >= 0.6 is 11.6 Å². The second-order valence-corrected chi connectivity index (χ2v) is 7.40. The second kappa shape index (κ2) is 6.79. The highest BCUT2D eigenvalue weighted by Crippen LogP contribution is 2.37. The van der Waals surface area contributed by atoms with E-state index >= 15 is 0 Å². The van der Waals surface area contributed by atoms with Crippen LogP contribution in [-0.2, 0) is 5.41 Å². The molecule has 0 spiro atoms. The summed E-state index contributed by atoms with van der Waals surface area (Å²) in [5.74, 6) is 1.30. The average Bonchev–Trinajstić information content (AvgIpc) is 3.03. The number of aliphatic hydroxyl groups excluding tert-OH is 1. The van der Waals surface area contributed by atoms with Gasteiger partial charge in [-0.1, -0.05) is 24.6 Å². The van der Waals surface area contributed by atoms with Crippen LogP contribution in [0.15, 0.2) is 42.7 Å². The van der Waals surface area contributed by atoms with Gasteiger partial charge in [-0.2, -0.15) is 0 Å². The summed E-state index contributed by atoms with van der Waals surface area (Å²) >= 11 is 6.19. The molecule has 0 fully saturated rings. The van der Waals surface area contributed by atoms with Gasteiger partial charge in [0.15, 0.2) is 0 Å². The van der Waals surface area contributed by atoms with Gasteiger partial charge < -0.3 is 15.7 Å². The van der Waals surface area contributed by atoms with Crippen LogP contribution in [0, 0.1) is 6.92 Å². The van der Waals surface area contributed by atoms with E-state index in [1.807, 2.05) is 44.2 Å². The second-order valence-electron chi connectivity index (χ2n) is 7.00. The Morgan fingerprint density at radius 2 is 2.15 bits per heavy atom. The highest BCUT2D eigenvalue weighted by Gasteiger charge is 2.35. The Hall–Kier alpha value is -2.70. The number of hydrogen-bond acceptors (Lipinski definition) is 6. The monoisotopic (exact) mass is 381 g/mol. The molecule has 0 radical (unpaired) electrons. The number of hydrogen-bond donors (Lipinski definition) is 3. The zero-order valence-corrected chi connectivity index (χ0v) is 15.9. The van der Waals surface area contributed by atoms with Gasteiger partial charge in [-0.3, -0.25) is 0 Å². The lowest BCUT2D eigenvalue weighted by molar-refractivity contribution is 0.218. The summed E-state index contributed by atoms with van der Waals surface area (Å²) in [4.78, 5) is 13.4. The SMILES string of the molecule is Cc1c(Cl)cccc1Nc1nccc(-c2cnc3c(c2)C(C)(CO)CN3)n1. The molecule has 0 amide bonds. The van der Waals surface area contributed by atoms with Crippen LogP contribution in [-0.4, -0.2) is 33.2 Å². The molecule has 1 aliphatic heterocycles. The summed E-state index contributed by atoms with van der Waals surface area (Å²) in [5, 5.41) is 16.9. The molecule has 3 heterocycles. The van der Waals surface area contributed by atoms with Crippen molar-refractivity contribution in [2.75, 3.05) is 23.8 Å². The first kappa shape index (κ1) is 17.7. The van der Waals surface area contributed by atoms with Crippen LogP contribution in [0.2, 0.25) is 5.02 Å². The van der Waals surface area contributed by atoms with Crippen molar-refractivity contribution in [1.82, 2.24) is 15.0 Å². The van der Waals surface area contributed by atoms with Crippen molar-refractivity contribution in [3.05, 3.63) is 58.9 Å². The molecule has 1 aliphatic rings. The van der Waals surface area contributed by atoms with E-state index in [0.29, 0.717) is 17.5 Å². The lowest BCUT2D eigenvalue weighted by atomic mass is 9.85. The van der Waals surface area contributed by atoms with Gasteiger partial charge in [0.25, 0.3) is 0 Å². The first-order valence-electron chi connectivity index (χ1n) is 8.71. The van der Waals surface area contributed by atoms with E-state index in [0.717, 1.165) is 33.9 Å². The molecule has 138 valence electrons. The molecule has 0 aliphatic carbocycles. The maximum Gasteiger partial charge on any atom is 0.227 e. The number of rotatable bonds is 4. The van der Waals surface area contributed by atoms with Crippen molar-refractivity contribution < 1.29 is 5.11 Å². The zero-order valence-electron chi connectivity index (χ0n) is 15.1. The van der Waals surface area contributed by atoms with Crippen LogP contribution in [0.3, 0.4) is 0 Å². The van der Waals surface area contributed by atoms with Gasteiger partial charge in [0.1, 0.15) is 5.82 Å². The molecule has 4 rings (SSSR count). The predicted octanol–water partition coefficient (Wildman–Crippen LogP) is 3.92. The molecule has 3 aromatic rings. The van der Waals surface area contributed by atoms with E-state index in [2.05, 4.69) is 25.6 Å². The number of benzene rings is 1. The number of aromatic nitrogens is 3. The first-order valence-corrected chi connectivity index (χ1v) is 9.09. The van der Waals surface area contributed by atoms with Gasteiger partial charge in [-0.15, -0.1) is 0 Å². The molecule has 6 nitrogen and oxygen atoms in total. The smallest absolute Gasteiger partial charge is 0.227 e. The number of aliphatic hydroxyl groups is 1. The number of nitrogens with one attached hydrogen (secondary N) is 2. The summed E-state index contributed by atoms with van der Waals surface area (Å²) < 4.78 is 0. The fraction of sp³-hybridized carbons (Fsp3) is 0.250. The third-order valence-corrected chi connectivity index (χ3v) is 5.41. The van der Waals surface area contributed by atoms with Crippen molar-refractivity contribution >= 4 is 29.1 Å². The lowest BCUT2D eigenvalue weighted by Gasteiger charge is -2.20. The molecule has 7 heteroatoms. The quantitative estimate of drug-likeness (QED) is 0.635. The Balaban J connectivity index is 1.68. The molecule has 3 N–H and O–H groups in total. The molecule has 1 atom stereocenters. The molecule has 0 saturated heterocycles. The van der Waals surface area contributed by atoms with Crippen LogP contribution in [0.1, 0.15) is 18.1 Å². The minimum Gasteiger partial charge on any atom is -0.395 e. The van der Waals surface area contributed by atoms with E-state index in [1.54, 1.807) is 12.4 Å². The number of halogens is 1. The summed E-state index contributed by atoms with van der Waals surface area (Å²) in [6, 6.07) is 9.55. The van der Waals surface area contributed by atoms with Crippen LogP contribution in [0.25, 0.3) is 11.3 Å². The maximum absolute atomic E-state index is 9.78. The molecule has 0 bridgehead atoms. The summed E-state index contributed by atoms with van der Waals surface area (Å²) in [5.41, 5.74) is 4.10. The van der Waals surface area contributed by atoms with Crippen molar-refractivity contribution in [3.63, 3.8) is 0 Å². The van der Waals surface area contributed by atoms with Crippen LogP contribution in [0.5, 0.6) is 0 Å². The standard InChI is InChI=1S/C20H20ClN5O/c1-12-15(21)4-3-5-16(12)25-19-22-7-6-17(26-19)13-8-14-18(23-9-13)24-10-20(14,2)11-27/h3-9,27H,10-11H2,1-2H3,(H,23,24)(H,22,25,26). The maximum atomic E-state index is 9.78. The minimum atomic E-state index is -0.343. The van der Waals surface area contributed by atoms with Gasteiger partial charge >= 0.3 is 0 Å². The largest absolute Gasteiger partial charge is 0.395 e. The zero-order chi connectivity index (χ0) is 19.0. The predicted molar refractivity (Wildman–Crippen MR) is 108 cm³/mol. The van der Waals surface area contributed by atoms with Crippen molar-refractivity contribution in [2.24, 2.45) is 0 Å². The first-order chi connectivity index (χ1) is 13.0. The Bertz CT molecular complexity index is 1010. The number of nitrogens with zero attached hydrogens (tertiary/aromatic N) is 3. The van der Waals surface area contributed by atoms with Gasteiger partial charge in [0.05, 0.1) is 12.3 Å². The normalized spacial score (nSPS) is 18.1. The topological polar surface area (TPSA) is 83.0 Å². The molecule has 2 aromatic heterocycles. The van der Waals surface area contributed by atoms with E-state index in [9.17, 15) is 5.11 Å². The highest BCUT2D eigenvalue weighted by atomic mass is 35.5. The van der Waals surface area contributed by atoms with Crippen molar-refractivity contribution in [3.8, 4) is 11.3 Å². The Morgan fingerprint density at radius 3 is 2.96 bits per heavy atom. The lowest BCUT2D eigenvalue weighted by Crippen LogP contribution is -2.28. The summed E-state index contributed by atoms with van der Waals surface area (Å²) in [7, 11) is 0. The van der Waals surface area contributed by atoms with E-state index in [1.165, 1.54) is 0 Å². The Kier molecular flexibility index (Phi) is 4.45. The van der Waals surface area contributed by atoms with Crippen LogP contribution < -0.4 is 10.6 Å². The summed E-state index contributed by atoms with van der Waals surface area (Å²) in [6.45, 7) is 4.69. The van der Waals surface area contributed by atoms with Crippen molar-refractivity contribution in [1.29, 1.82) is 0 Å². The van der Waals surface area contributed by atoms with E-state index < -0.39 is 0 Å². The van der Waals surface area contributed by atoms with Gasteiger partial charge in [-0.05, 0) is 36.8 Å². The fourth-order valence-electron chi connectivity index (χ4n) is 3.16. The number of anilines is 3. The molecular formula is C20H20ClN5O. The molecular weight excluding hydrogens is 362 g/mol. The minimum absolute atomic E-state index is 0.0583.